The molecule has 0 spiro atoms. The molecule has 0 bridgehead atoms. The van der Waals surface area contributed by atoms with E-state index in [4.69, 9.17) is 0 Å². The van der Waals surface area contributed by atoms with Crippen molar-refractivity contribution in [2.45, 2.75) is 38.3 Å². The van der Waals surface area contributed by atoms with Crippen molar-refractivity contribution in [1.29, 1.82) is 0 Å². The average molecular weight is 296 g/mol. The van der Waals surface area contributed by atoms with Crippen LogP contribution in [0.1, 0.15) is 48.0 Å². The van der Waals surface area contributed by atoms with Gasteiger partial charge in [-0.3, -0.25) is 0 Å². The number of rotatable bonds is 3. The van der Waals surface area contributed by atoms with Crippen LogP contribution in [0.3, 0.4) is 0 Å². The van der Waals surface area contributed by atoms with Gasteiger partial charge in [0.25, 0.3) is 0 Å². The summed E-state index contributed by atoms with van der Waals surface area (Å²) < 4.78 is 0. The predicted octanol–water partition coefficient (Wildman–Crippen LogP) is 4.96. The van der Waals surface area contributed by atoms with E-state index in [-0.39, 0.29) is 0 Å². The van der Waals surface area contributed by atoms with Gasteiger partial charge in [-0.25, -0.2) is 0 Å². The van der Waals surface area contributed by atoms with Gasteiger partial charge >= 0.3 is 0 Å². The Kier molecular flexibility index (Phi) is 3.32. The van der Waals surface area contributed by atoms with Crippen molar-refractivity contribution in [1.82, 2.24) is 10.3 Å². The van der Waals surface area contributed by atoms with Crippen LogP contribution in [0.4, 0.5) is 0 Å². The lowest BCUT2D eigenvalue weighted by molar-refractivity contribution is 0.413. The molecule has 0 saturated carbocycles. The topological polar surface area (TPSA) is 27.8 Å². The summed E-state index contributed by atoms with van der Waals surface area (Å²) in [5.74, 6) is 0. The number of thiophene rings is 1. The van der Waals surface area contributed by atoms with Crippen molar-refractivity contribution >= 4 is 22.2 Å². The molecule has 2 N–H and O–H groups in total. The van der Waals surface area contributed by atoms with Gasteiger partial charge in [0.1, 0.15) is 0 Å². The van der Waals surface area contributed by atoms with Crippen molar-refractivity contribution < 1.29 is 0 Å². The molecule has 0 fully saturated rings. The van der Waals surface area contributed by atoms with E-state index in [2.05, 4.69) is 59.0 Å². The van der Waals surface area contributed by atoms with Gasteiger partial charge in [0.05, 0.1) is 0 Å². The number of aromatic amines is 1. The number of H-pyrrole nitrogens is 1. The molecule has 0 aliphatic heterocycles. The number of nitrogens with one attached hydrogen (secondary N) is 2. The van der Waals surface area contributed by atoms with E-state index in [9.17, 15) is 0 Å². The first kappa shape index (κ1) is 13.1. The highest BCUT2D eigenvalue weighted by Crippen LogP contribution is 2.36. The number of fused-ring (bicyclic) bond motifs is 3. The molecule has 1 unspecified atom stereocenters. The quantitative estimate of drug-likeness (QED) is 0.702. The maximum absolute atomic E-state index is 3.82. The Morgan fingerprint density at radius 1 is 1.24 bits per heavy atom. The van der Waals surface area contributed by atoms with Crippen molar-refractivity contribution in [2.75, 3.05) is 0 Å². The zero-order valence-corrected chi connectivity index (χ0v) is 13.0. The lowest BCUT2D eigenvalue weighted by atomic mass is 9.91. The Balaban J connectivity index is 1.67. The Labute approximate surface area is 129 Å². The molecule has 21 heavy (non-hydrogen) atoms. The summed E-state index contributed by atoms with van der Waals surface area (Å²) >= 11 is 1.83. The summed E-state index contributed by atoms with van der Waals surface area (Å²) in [4.78, 5) is 5.07. The van der Waals surface area contributed by atoms with Crippen molar-refractivity contribution in [3.05, 3.63) is 57.9 Å². The van der Waals surface area contributed by atoms with Gasteiger partial charge in [0.15, 0.2) is 0 Å². The van der Waals surface area contributed by atoms with E-state index in [1.54, 1.807) is 0 Å². The van der Waals surface area contributed by atoms with E-state index < -0.39 is 0 Å². The molecule has 1 aliphatic carbocycles. The van der Waals surface area contributed by atoms with Crippen molar-refractivity contribution in [3.8, 4) is 0 Å². The minimum Gasteiger partial charge on any atom is -0.357 e. The van der Waals surface area contributed by atoms with E-state index in [0.29, 0.717) is 12.1 Å². The van der Waals surface area contributed by atoms with Gasteiger partial charge in [-0.1, -0.05) is 24.3 Å². The summed E-state index contributed by atoms with van der Waals surface area (Å²) in [6.07, 6.45) is 3.68. The molecular weight excluding hydrogens is 276 g/mol. The van der Waals surface area contributed by atoms with E-state index in [1.807, 2.05) is 11.3 Å². The highest BCUT2D eigenvalue weighted by molar-refractivity contribution is 7.10. The molecule has 3 aromatic rings. The molecule has 2 atom stereocenters. The van der Waals surface area contributed by atoms with Gasteiger partial charge in [-0.2, -0.15) is 0 Å². The van der Waals surface area contributed by atoms with Crippen LogP contribution in [0.5, 0.6) is 0 Å². The van der Waals surface area contributed by atoms with Crippen LogP contribution >= 0.6 is 11.3 Å². The van der Waals surface area contributed by atoms with Crippen molar-refractivity contribution in [3.63, 3.8) is 0 Å². The first-order valence-corrected chi connectivity index (χ1v) is 8.60. The maximum atomic E-state index is 3.82. The molecule has 2 nitrogen and oxygen atoms in total. The largest absolute Gasteiger partial charge is 0.357 e. The van der Waals surface area contributed by atoms with E-state index in [1.165, 1.54) is 46.3 Å². The summed E-state index contributed by atoms with van der Waals surface area (Å²) in [6, 6.07) is 13.9. The molecule has 1 aliphatic rings. The molecule has 0 amide bonds. The second-order valence-corrected chi connectivity index (χ2v) is 6.89. The minimum atomic E-state index is 0.410. The van der Waals surface area contributed by atoms with Crippen LogP contribution in [0.25, 0.3) is 10.9 Å². The van der Waals surface area contributed by atoms with Crippen LogP contribution in [0, 0.1) is 0 Å². The number of aromatic nitrogens is 1. The Bertz CT molecular complexity index is 742. The SMILES string of the molecule is C[C@H](NC1CCCc2c1[nH]c1ccccc21)c1cccs1. The first-order chi connectivity index (χ1) is 10.3. The zero-order valence-electron chi connectivity index (χ0n) is 12.2. The van der Waals surface area contributed by atoms with Crippen molar-refractivity contribution in [2.24, 2.45) is 0 Å². The van der Waals surface area contributed by atoms with Gasteiger partial charge < -0.3 is 10.3 Å². The van der Waals surface area contributed by atoms with Gasteiger partial charge in [-0.05, 0) is 49.3 Å². The molecule has 2 aromatic heterocycles. The number of hydrogen-bond donors (Lipinski definition) is 2. The minimum absolute atomic E-state index is 0.410. The third-order valence-corrected chi connectivity index (χ3v) is 5.59. The highest BCUT2D eigenvalue weighted by Gasteiger charge is 2.25. The zero-order chi connectivity index (χ0) is 14.2. The molecule has 3 heteroatoms. The number of hydrogen-bond acceptors (Lipinski definition) is 2. The molecule has 0 saturated heterocycles. The van der Waals surface area contributed by atoms with Gasteiger partial charge in [-0.15, -0.1) is 11.3 Å². The fourth-order valence-electron chi connectivity index (χ4n) is 3.50. The Morgan fingerprint density at radius 3 is 3.00 bits per heavy atom. The third kappa shape index (κ3) is 2.30. The van der Waals surface area contributed by atoms with Gasteiger partial charge in [0, 0.05) is 33.6 Å². The van der Waals surface area contributed by atoms with Crippen LogP contribution in [0.2, 0.25) is 0 Å². The predicted molar refractivity (Wildman–Crippen MR) is 89.8 cm³/mol. The van der Waals surface area contributed by atoms with Crippen LogP contribution in [-0.4, -0.2) is 4.98 Å². The van der Waals surface area contributed by atoms with Crippen LogP contribution < -0.4 is 5.32 Å². The molecule has 4 rings (SSSR count). The highest BCUT2D eigenvalue weighted by atomic mass is 32.1. The summed E-state index contributed by atoms with van der Waals surface area (Å²) in [6.45, 7) is 2.27. The fourth-order valence-corrected chi connectivity index (χ4v) is 4.25. The average Bonchev–Trinajstić information content (AvgIpc) is 3.15. The lowest BCUT2D eigenvalue weighted by Crippen LogP contribution is -2.27. The summed E-state index contributed by atoms with van der Waals surface area (Å²) in [5, 5.41) is 7.38. The van der Waals surface area contributed by atoms with Crippen LogP contribution in [-0.2, 0) is 6.42 Å². The Hall–Kier alpha value is -1.58. The maximum Gasteiger partial charge on any atom is 0.0481 e. The standard InChI is InChI=1S/C18H20N2S/c1-12(17-10-5-11-21-17)19-16-9-4-7-14-13-6-2-3-8-15(13)20-18(14)16/h2-3,5-6,8,10-12,16,19-20H,4,7,9H2,1H3/t12-,16?/m0/s1. The number of benzene rings is 1. The van der Waals surface area contributed by atoms with E-state index in [0.717, 1.165) is 0 Å². The lowest BCUT2D eigenvalue weighted by Gasteiger charge is -2.27. The molecule has 108 valence electrons. The van der Waals surface area contributed by atoms with Gasteiger partial charge in [0.2, 0.25) is 0 Å². The second kappa shape index (κ2) is 5.32. The fraction of sp³-hybridized carbons (Fsp3) is 0.333. The molecule has 0 radical (unpaired) electrons. The smallest absolute Gasteiger partial charge is 0.0481 e. The third-order valence-electron chi connectivity index (χ3n) is 4.54. The number of para-hydroxylation sites is 1. The summed E-state index contributed by atoms with van der Waals surface area (Å²) in [5.41, 5.74) is 4.21. The monoisotopic (exact) mass is 296 g/mol. The summed E-state index contributed by atoms with van der Waals surface area (Å²) in [7, 11) is 0. The molecule has 2 heterocycles. The molecule has 1 aromatic carbocycles. The normalized spacial score (nSPS) is 19.6. The van der Waals surface area contributed by atoms with E-state index >= 15 is 0 Å². The van der Waals surface area contributed by atoms with Crippen LogP contribution in [0.15, 0.2) is 41.8 Å². The second-order valence-electron chi connectivity index (χ2n) is 5.91. The number of aryl methyl sites for hydroxylation is 1. The Morgan fingerprint density at radius 2 is 2.14 bits per heavy atom. The first-order valence-electron chi connectivity index (χ1n) is 7.72. The molecular formula is C18H20N2S.